The van der Waals surface area contributed by atoms with Gasteiger partial charge in [-0.3, -0.25) is 0 Å². The fourth-order valence-corrected chi connectivity index (χ4v) is 1.22. The number of methoxy groups -OCH3 is 1. The summed E-state index contributed by atoms with van der Waals surface area (Å²) in [7, 11) is 1.37. The molecule has 1 aromatic rings. The van der Waals surface area contributed by atoms with Crippen LogP contribution in [0.2, 0.25) is 0 Å². The molecular weight excluding hydrogens is 214 g/mol. The topological polar surface area (TPSA) is 52.3 Å². The summed E-state index contributed by atoms with van der Waals surface area (Å²) in [6.45, 7) is 2.03. The molecule has 84 valence electrons. The Morgan fingerprint density at radius 1 is 1.40 bits per heavy atom. The Morgan fingerprint density at radius 3 is 2.33 bits per heavy atom. The largest absolute Gasteiger partial charge is 0.465 e. The van der Waals surface area contributed by atoms with Gasteiger partial charge in [0.2, 0.25) is 0 Å². The van der Waals surface area contributed by atoms with Crippen LogP contribution in [0.3, 0.4) is 0 Å². The van der Waals surface area contributed by atoms with Crippen LogP contribution in [0.5, 0.6) is 0 Å². The van der Waals surface area contributed by atoms with Gasteiger partial charge in [-0.15, -0.1) is 12.4 Å². The molecule has 0 amide bonds. The molecule has 0 saturated heterocycles. The van der Waals surface area contributed by atoms with E-state index < -0.39 is 0 Å². The molecule has 0 unspecified atom stereocenters. The lowest BCUT2D eigenvalue weighted by Gasteiger charge is -2.08. The molecule has 2 N–H and O–H groups in total. The molecule has 15 heavy (non-hydrogen) atoms. The van der Waals surface area contributed by atoms with E-state index in [2.05, 4.69) is 4.74 Å². The van der Waals surface area contributed by atoms with E-state index in [1.54, 1.807) is 12.1 Å². The Morgan fingerprint density at radius 2 is 1.93 bits per heavy atom. The molecule has 0 aromatic heterocycles. The number of hydrogen-bond acceptors (Lipinski definition) is 3. The Kier molecular flexibility index (Phi) is 5.97. The summed E-state index contributed by atoms with van der Waals surface area (Å²) in [5.41, 5.74) is 7.43. The third kappa shape index (κ3) is 3.53. The monoisotopic (exact) mass is 229 g/mol. The number of halogens is 1. The van der Waals surface area contributed by atoms with Gasteiger partial charge in [0.15, 0.2) is 0 Å². The van der Waals surface area contributed by atoms with Crippen molar-refractivity contribution in [2.24, 2.45) is 5.73 Å². The Labute approximate surface area is 96.0 Å². The summed E-state index contributed by atoms with van der Waals surface area (Å²) in [4.78, 5) is 11.1. The number of carbonyl (C=O) groups excluding carboxylic acids is 1. The highest BCUT2D eigenvalue weighted by Crippen LogP contribution is 2.14. The molecule has 4 heteroatoms. The van der Waals surface area contributed by atoms with Crippen molar-refractivity contribution in [1.82, 2.24) is 0 Å². The first kappa shape index (κ1) is 13.9. The predicted octanol–water partition coefficient (Wildman–Crippen LogP) is 2.30. The van der Waals surface area contributed by atoms with Crippen LogP contribution in [-0.2, 0) is 4.74 Å². The van der Waals surface area contributed by atoms with Crippen molar-refractivity contribution >= 4 is 18.4 Å². The van der Waals surface area contributed by atoms with E-state index in [1.807, 2.05) is 19.1 Å². The summed E-state index contributed by atoms with van der Waals surface area (Å²) in [6.07, 6.45) is 0.886. The molecule has 0 aliphatic heterocycles. The zero-order chi connectivity index (χ0) is 10.6. The Hall–Kier alpha value is -1.06. The molecular formula is C11H16ClNO2. The quantitative estimate of drug-likeness (QED) is 0.810. The van der Waals surface area contributed by atoms with Gasteiger partial charge in [-0.05, 0) is 24.1 Å². The van der Waals surface area contributed by atoms with Gasteiger partial charge in [-0.25, -0.2) is 4.79 Å². The maximum Gasteiger partial charge on any atom is 0.337 e. The molecule has 3 nitrogen and oxygen atoms in total. The highest BCUT2D eigenvalue weighted by molar-refractivity contribution is 5.89. The van der Waals surface area contributed by atoms with Crippen molar-refractivity contribution in [2.45, 2.75) is 19.4 Å². The van der Waals surface area contributed by atoms with Crippen molar-refractivity contribution in [3.05, 3.63) is 35.4 Å². The fraction of sp³-hybridized carbons (Fsp3) is 0.364. The highest BCUT2D eigenvalue weighted by Gasteiger charge is 2.06. The van der Waals surface area contributed by atoms with Gasteiger partial charge in [0.05, 0.1) is 12.7 Å². The second-order valence-electron chi connectivity index (χ2n) is 3.13. The summed E-state index contributed by atoms with van der Waals surface area (Å²) >= 11 is 0. The number of nitrogens with two attached hydrogens (primary N) is 1. The number of benzene rings is 1. The molecule has 0 aliphatic carbocycles. The van der Waals surface area contributed by atoms with E-state index in [0.717, 1.165) is 12.0 Å². The normalized spacial score (nSPS) is 11.4. The Bertz CT molecular complexity index is 311. The van der Waals surface area contributed by atoms with Gasteiger partial charge in [-0.1, -0.05) is 19.1 Å². The van der Waals surface area contributed by atoms with E-state index >= 15 is 0 Å². The molecule has 0 saturated carbocycles. The number of hydrogen-bond donors (Lipinski definition) is 1. The second kappa shape index (κ2) is 6.43. The van der Waals surface area contributed by atoms with Crippen molar-refractivity contribution in [3.63, 3.8) is 0 Å². The summed E-state index contributed by atoms with van der Waals surface area (Å²) < 4.78 is 4.59. The smallest absolute Gasteiger partial charge is 0.337 e. The minimum Gasteiger partial charge on any atom is -0.465 e. The van der Waals surface area contributed by atoms with E-state index in [9.17, 15) is 4.79 Å². The lowest BCUT2D eigenvalue weighted by Crippen LogP contribution is -2.09. The number of ether oxygens (including phenoxy) is 1. The van der Waals surface area contributed by atoms with E-state index in [-0.39, 0.29) is 24.4 Å². The minimum absolute atomic E-state index is 0. The number of rotatable bonds is 3. The van der Waals surface area contributed by atoms with E-state index in [4.69, 9.17) is 5.73 Å². The third-order valence-corrected chi connectivity index (χ3v) is 2.20. The van der Waals surface area contributed by atoms with E-state index in [0.29, 0.717) is 5.56 Å². The molecule has 0 bridgehead atoms. The van der Waals surface area contributed by atoms with Crippen LogP contribution in [0.1, 0.15) is 35.3 Å². The van der Waals surface area contributed by atoms with Gasteiger partial charge >= 0.3 is 5.97 Å². The average Bonchev–Trinajstić information content (AvgIpc) is 2.27. The predicted molar refractivity (Wildman–Crippen MR) is 62.2 cm³/mol. The van der Waals surface area contributed by atoms with Crippen LogP contribution in [0, 0.1) is 0 Å². The van der Waals surface area contributed by atoms with Gasteiger partial charge in [-0.2, -0.15) is 0 Å². The van der Waals surface area contributed by atoms with Crippen LogP contribution in [-0.4, -0.2) is 13.1 Å². The van der Waals surface area contributed by atoms with Crippen molar-refractivity contribution in [3.8, 4) is 0 Å². The minimum atomic E-state index is -0.318. The zero-order valence-corrected chi connectivity index (χ0v) is 9.71. The van der Waals surface area contributed by atoms with Crippen LogP contribution in [0.4, 0.5) is 0 Å². The summed E-state index contributed by atoms with van der Waals surface area (Å²) in [5, 5.41) is 0. The fourth-order valence-electron chi connectivity index (χ4n) is 1.22. The SMILES string of the molecule is CC[C@H](N)c1ccc(C(=O)OC)cc1.Cl. The lowest BCUT2D eigenvalue weighted by molar-refractivity contribution is 0.0600. The maximum absolute atomic E-state index is 11.1. The number of carbonyl (C=O) groups is 1. The molecule has 0 spiro atoms. The van der Waals surface area contributed by atoms with Gasteiger partial charge in [0, 0.05) is 6.04 Å². The van der Waals surface area contributed by atoms with Crippen molar-refractivity contribution in [1.29, 1.82) is 0 Å². The van der Waals surface area contributed by atoms with Gasteiger partial charge in [0.25, 0.3) is 0 Å². The van der Waals surface area contributed by atoms with Crippen LogP contribution in [0.15, 0.2) is 24.3 Å². The first-order chi connectivity index (χ1) is 6.69. The third-order valence-electron chi connectivity index (χ3n) is 2.20. The Balaban J connectivity index is 0.00000196. The first-order valence-corrected chi connectivity index (χ1v) is 4.63. The van der Waals surface area contributed by atoms with Gasteiger partial charge in [0.1, 0.15) is 0 Å². The second-order valence-corrected chi connectivity index (χ2v) is 3.13. The molecule has 0 fully saturated rings. The van der Waals surface area contributed by atoms with Crippen molar-refractivity contribution in [2.75, 3.05) is 7.11 Å². The van der Waals surface area contributed by atoms with Crippen LogP contribution in [0.25, 0.3) is 0 Å². The van der Waals surface area contributed by atoms with Crippen LogP contribution < -0.4 is 5.73 Å². The molecule has 0 radical (unpaired) electrons. The molecule has 1 rings (SSSR count). The standard InChI is InChI=1S/C11H15NO2.ClH/c1-3-10(12)8-4-6-9(7-5-8)11(13)14-2;/h4-7,10H,3,12H2,1-2H3;1H/t10-;/m0./s1. The highest BCUT2D eigenvalue weighted by atomic mass is 35.5. The van der Waals surface area contributed by atoms with E-state index in [1.165, 1.54) is 7.11 Å². The molecule has 1 atom stereocenters. The molecule has 0 aliphatic rings. The molecule has 0 heterocycles. The molecule has 1 aromatic carbocycles. The van der Waals surface area contributed by atoms with Gasteiger partial charge < -0.3 is 10.5 Å². The number of esters is 1. The maximum atomic E-state index is 11.1. The van der Waals surface area contributed by atoms with Crippen LogP contribution >= 0.6 is 12.4 Å². The summed E-state index contributed by atoms with van der Waals surface area (Å²) in [5.74, 6) is -0.318. The zero-order valence-electron chi connectivity index (χ0n) is 8.90. The summed E-state index contributed by atoms with van der Waals surface area (Å²) in [6, 6.07) is 7.23. The van der Waals surface area contributed by atoms with Crippen molar-refractivity contribution < 1.29 is 9.53 Å². The first-order valence-electron chi connectivity index (χ1n) is 4.63. The average molecular weight is 230 g/mol. The lowest BCUT2D eigenvalue weighted by atomic mass is 10.0.